The van der Waals surface area contributed by atoms with Crippen LogP contribution in [-0.4, -0.2) is 47.4 Å². The molecule has 2 aromatic rings. The summed E-state index contributed by atoms with van der Waals surface area (Å²) in [5, 5.41) is 16.7. The van der Waals surface area contributed by atoms with Crippen LogP contribution in [0.4, 0.5) is 0 Å². The van der Waals surface area contributed by atoms with Crippen molar-refractivity contribution in [1.29, 1.82) is 0 Å². The average molecular weight is 302 g/mol. The number of amides is 1. The lowest BCUT2D eigenvalue weighted by molar-refractivity contribution is 0.0889. The van der Waals surface area contributed by atoms with Crippen LogP contribution in [0.15, 0.2) is 30.5 Å². The third-order valence-electron chi connectivity index (χ3n) is 4.14. The van der Waals surface area contributed by atoms with Crippen LogP contribution in [0.3, 0.4) is 0 Å². The highest BCUT2D eigenvalue weighted by Crippen LogP contribution is 2.18. The summed E-state index contributed by atoms with van der Waals surface area (Å²) in [6, 6.07) is 7.46. The molecule has 0 unspecified atom stereocenters. The summed E-state index contributed by atoms with van der Waals surface area (Å²) in [5.41, 5.74) is 7.27. The highest BCUT2D eigenvalue weighted by atomic mass is 16.3. The molecular formula is C16H22N4O2. The molecule has 6 heteroatoms. The highest BCUT2D eigenvalue weighted by molar-refractivity contribution is 5.98. The minimum Gasteiger partial charge on any atom is -0.390 e. The van der Waals surface area contributed by atoms with Crippen molar-refractivity contribution in [2.24, 2.45) is 5.73 Å². The van der Waals surface area contributed by atoms with Gasteiger partial charge in [-0.3, -0.25) is 4.79 Å². The molecule has 1 amide bonds. The van der Waals surface area contributed by atoms with Crippen LogP contribution in [0.25, 0.3) is 10.9 Å². The fourth-order valence-corrected chi connectivity index (χ4v) is 2.86. The van der Waals surface area contributed by atoms with Gasteiger partial charge in [-0.1, -0.05) is 0 Å². The molecule has 5 N–H and O–H groups in total. The van der Waals surface area contributed by atoms with Gasteiger partial charge in [0.15, 0.2) is 0 Å². The van der Waals surface area contributed by atoms with Gasteiger partial charge in [-0.05, 0) is 37.2 Å². The van der Waals surface area contributed by atoms with Gasteiger partial charge in [-0.15, -0.1) is 0 Å². The number of carbonyl (C=O) groups excluding carboxylic acids is 1. The van der Waals surface area contributed by atoms with E-state index in [1.165, 1.54) is 0 Å². The number of benzene rings is 1. The number of nitrogens with one attached hydrogen (secondary N) is 2. The van der Waals surface area contributed by atoms with Crippen molar-refractivity contribution in [3.8, 4) is 0 Å². The van der Waals surface area contributed by atoms with E-state index in [1.807, 2.05) is 30.5 Å². The molecule has 3 rings (SSSR count). The zero-order valence-corrected chi connectivity index (χ0v) is 12.5. The van der Waals surface area contributed by atoms with Gasteiger partial charge in [0.2, 0.25) is 0 Å². The van der Waals surface area contributed by atoms with Crippen LogP contribution in [0.2, 0.25) is 0 Å². The summed E-state index contributed by atoms with van der Waals surface area (Å²) in [4.78, 5) is 12.3. The van der Waals surface area contributed by atoms with E-state index in [9.17, 15) is 9.90 Å². The Morgan fingerprint density at radius 1 is 1.41 bits per heavy atom. The Kier molecular flexibility index (Phi) is 4.42. The van der Waals surface area contributed by atoms with Crippen LogP contribution in [0, 0.1) is 0 Å². The van der Waals surface area contributed by atoms with E-state index in [-0.39, 0.29) is 11.9 Å². The molecule has 1 fully saturated rings. The number of aliphatic hydroxyl groups is 1. The smallest absolute Gasteiger partial charge is 0.251 e. The number of nitrogens with two attached hydrogens (primary N) is 1. The fourth-order valence-electron chi connectivity index (χ4n) is 2.86. The van der Waals surface area contributed by atoms with Gasteiger partial charge in [0, 0.05) is 42.3 Å². The maximum atomic E-state index is 12.3. The fraction of sp³-hybridized carbons (Fsp3) is 0.438. The Morgan fingerprint density at radius 3 is 3.00 bits per heavy atom. The number of aliphatic hydroxyl groups excluding tert-OH is 1. The lowest BCUT2D eigenvalue weighted by atomic mass is 10.1. The summed E-state index contributed by atoms with van der Waals surface area (Å²) in [6.45, 7) is 2.67. The van der Waals surface area contributed by atoms with Gasteiger partial charge in [0.25, 0.3) is 5.91 Å². The molecule has 0 bridgehead atoms. The monoisotopic (exact) mass is 302 g/mol. The van der Waals surface area contributed by atoms with Gasteiger partial charge in [0.05, 0.1) is 12.1 Å². The third kappa shape index (κ3) is 2.99. The number of β-amino-alcohol motifs (C(OH)–C–C–N with tert-alkyl or cyclic N) is 1. The molecule has 1 aliphatic heterocycles. The quantitative estimate of drug-likeness (QED) is 0.628. The molecule has 1 aromatic heterocycles. The molecule has 2 atom stereocenters. The lowest BCUT2D eigenvalue weighted by Crippen LogP contribution is -2.42. The zero-order chi connectivity index (χ0) is 15.5. The van der Waals surface area contributed by atoms with Crippen LogP contribution >= 0.6 is 0 Å². The minimum atomic E-state index is -0.523. The summed E-state index contributed by atoms with van der Waals surface area (Å²) >= 11 is 0. The van der Waals surface area contributed by atoms with Crippen LogP contribution in [0.5, 0.6) is 0 Å². The van der Waals surface area contributed by atoms with E-state index in [0.29, 0.717) is 25.2 Å². The van der Waals surface area contributed by atoms with Crippen LogP contribution in [-0.2, 0) is 6.54 Å². The number of rotatable bonds is 5. The topological polar surface area (TPSA) is 92.3 Å². The van der Waals surface area contributed by atoms with E-state index in [4.69, 9.17) is 5.73 Å². The second kappa shape index (κ2) is 6.48. The second-order valence-corrected chi connectivity index (χ2v) is 5.73. The van der Waals surface area contributed by atoms with E-state index < -0.39 is 6.10 Å². The van der Waals surface area contributed by atoms with Crippen LogP contribution < -0.4 is 16.4 Å². The summed E-state index contributed by atoms with van der Waals surface area (Å²) in [6.07, 6.45) is 2.43. The Labute approximate surface area is 129 Å². The molecule has 0 saturated carbocycles. The first-order chi connectivity index (χ1) is 10.7. The molecular weight excluding hydrogens is 280 g/mol. The van der Waals surface area contributed by atoms with Crippen molar-refractivity contribution in [2.75, 3.05) is 19.6 Å². The molecule has 1 aliphatic rings. The van der Waals surface area contributed by atoms with Crippen LogP contribution in [0.1, 0.15) is 16.8 Å². The molecule has 6 nitrogen and oxygen atoms in total. The predicted molar refractivity (Wildman–Crippen MR) is 85.7 cm³/mol. The molecule has 22 heavy (non-hydrogen) atoms. The summed E-state index contributed by atoms with van der Waals surface area (Å²) < 4.78 is 2.15. The van der Waals surface area contributed by atoms with Crippen molar-refractivity contribution >= 4 is 16.8 Å². The number of hydrogen-bond acceptors (Lipinski definition) is 4. The van der Waals surface area contributed by atoms with Gasteiger partial charge in [0.1, 0.15) is 0 Å². The number of carbonyl (C=O) groups is 1. The van der Waals surface area contributed by atoms with Crippen molar-refractivity contribution in [2.45, 2.75) is 25.1 Å². The standard InChI is InChI=1S/C16H22N4O2/c17-5-1-6-20-7-4-11-8-12(2-3-14(11)20)16(22)19-13-9-18-10-15(13)21/h2-4,7-8,13,15,18,21H,1,5-6,9-10,17H2,(H,19,22)/t13-,15+/m1/s1. The molecule has 118 valence electrons. The summed E-state index contributed by atoms with van der Waals surface area (Å²) in [5.74, 6) is -0.149. The van der Waals surface area contributed by atoms with E-state index >= 15 is 0 Å². The summed E-state index contributed by atoms with van der Waals surface area (Å²) in [7, 11) is 0. The number of fused-ring (bicyclic) bond motifs is 1. The van der Waals surface area contributed by atoms with Crippen molar-refractivity contribution in [3.63, 3.8) is 0 Å². The Balaban J connectivity index is 1.75. The molecule has 0 aliphatic carbocycles. The first-order valence-electron chi connectivity index (χ1n) is 7.67. The highest BCUT2D eigenvalue weighted by Gasteiger charge is 2.26. The molecule has 0 spiro atoms. The maximum absolute atomic E-state index is 12.3. The minimum absolute atomic E-state index is 0.149. The van der Waals surface area contributed by atoms with E-state index in [2.05, 4.69) is 15.2 Å². The largest absolute Gasteiger partial charge is 0.390 e. The first kappa shape index (κ1) is 15.0. The predicted octanol–water partition coefficient (Wildman–Crippen LogP) is 0.0526. The SMILES string of the molecule is NCCCn1ccc2cc(C(=O)N[C@@H]3CNC[C@@H]3O)ccc21. The van der Waals surface area contributed by atoms with Gasteiger partial charge >= 0.3 is 0 Å². The van der Waals surface area contributed by atoms with Crippen molar-refractivity contribution < 1.29 is 9.90 Å². The molecule has 0 radical (unpaired) electrons. The first-order valence-corrected chi connectivity index (χ1v) is 7.67. The lowest BCUT2D eigenvalue weighted by Gasteiger charge is -2.15. The van der Waals surface area contributed by atoms with Crippen molar-refractivity contribution in [1.82, 2.24) is 15.2 Å². The van der Waals surface area contributed by atoms with Gasteiger partial charge < -0.3 is 26.0 Å². The van der Waals surface area contributed by atoms with Crippen molar-refractivity contribution in [3.05, 3.63) is 36.0 Å². The van der Waals surface area contributed by atoms with Gasteiger partial charge in [-0.2, -0.15) is 0 Å². The normalized spacial score (nSPS) is 21.4. The Hall–Kier alpha value is -1.89. The number of aryl methyl sites for hydroxylation is 1. The Bertz CT molecular complexity index is 667. The maximum Gasteiger partial charge on any atom is 0.251 e. The van der Waals surface area contributed by atoms with E-state index in [0.717, 1.165) is 23.9 Å². The third-order valence-corrected chi connectivity index (χ3v) is 4.14. The number of hydrogen-bond donors (Lipinski definition) is 4. The van der Waals surface area contributed by atoms with Gasteiger partial charge in [-0.25, -0.2) is 0 Å². The average Bonchev–Trinajstić information content (AvgIpc) is 3.11. The number of nitrogens with zero attached hydrogens (tertiary/aromatic N) is 1. The molecule has 2 heterocycles. The molecule has 1 saturated heterocycles. The second-order valence-electron chi connectivity index (χ2n) is 5.73. The Morgan fingerprint density at radius 2 is 2.27 bits per heavy atom. The number of aromatic nitrogens is 1. The molecule has 1 aromatic carbocycles. The zero-order valence-electron chi connectivity index (χ0n) is 12.5. The van der Waals surface area contributed by atoms with E-state index in [1.54, 1.807) is 0 Å².